The standard InChI is InChI=1S/C18H13ClF2N2O3/c19-12-3-1-2-11(6-12)17-8-15(23-26-17)18(25)22-9-16(24)10-4-5-13(20)14(21)7-10/h1-8,16,24H,9H2,(H,22,25). The third-order valence-electron chi connectivity index (χ3n) is 3.64. The van der Waals surface area contributed by atoms with Gasteiger partial charge in [0.2, 0.25) is 0 Å². The second-order valence-electron chi connectivity index (χ2n) is 5.49. The molecular weight excluding hydrogens is 366 g/mol. The fourth-order valence-corrected chi connectivity index (χ4v) is 2.47. The Balaban J connectivity index is 1.64. The summed E-state index contributed by atoms with van der Waals surface area (Å²) in [5.74, 6) is -2.31. The van der Waals surface area contributed by atoms with Crippen molar-refractivity contribution in [3.05, 3.63) is 76.4 Å². The molecule has 8 heteroatoms. The van der Waals surface area contributed by atoms with Gasteiger partial charge in [-0.2, -0.15) is 0 Å². The molecule has 1 amide bonds. The van der Waals surface area contributed by atoms with Crippen LogP contribution < -0.4 is 5.32 Å². The molecule has 0 aliphatic heterocycles. The van der Waals surface area contributed by atoms with Gasteiger partial charge in [-0.1, -0.05) is 35.0 Å². The topological polar surface area (TPSA) is 75.4 Å². The number of carbonyl (C=O) groups excluding carboxylic acids is 1. The number of nitrogens with one attached hydrogen (secondary N) is 1. The molecule has 0 radical (unpaired) electrons. The van der Waals surface area contributed by atoms with Crippen molar-refractivity contribution in [2.75, 3.05) is 6.54 Å². The van der Waals surface area contributed by atoms with Crippen LogP contribution in [0.3, 0.4) is 0 Å². The number of rotatable bonds is 5. The molecule has 0 saturated carbocycles. The highest BCUT2D eigenvalue weighted by Crippen LogP contribution is 2.23. The van der Waals surface area contributed by atoms with Crippen molar-refractivity contribution in [1.29, 1.82) is 0 Å². The molecule has 1 aromatic heterocycles. The Bertz CT molecular complexity index is 946. The van der Waals surface area contributed by atoms with E-state index in [1.54, 1.807) is 24.3 Å². The van der Waals surface area contributed by atoms with Crippen LogP contribution in [-0.4, -0.2) is 22.7 Å². The van der Waals surface area contributed by atoms with Crippen molar-refractivity contribution >= 4 is 17.5 Å². The summed E-state index contributed by atoms with van der Waals surface area (Å²) in [6.07, 6.45) is -1.20. The molecular formula is C18H13ClF2N2O3. The van der Waals surface area contributed by atoms with E-state index < -0.39 is 23.6 Å². The number of hydrogen-bond acceptors (Lipinski definition) is 4. The van der Waals surface area contributed by atoms with Crippen molar-refractivity contribution in [3.63, 3.8) is 0 Å². The average molecular weight is 379 g/mol. The van der Waals surface area contributed by atoms with Crippen molar-refractivity contribution in [1.82, 2.24) is 10.5 Å². The summed E-state index contributed by atoms with van der Waals surface area (Å²) in [4.78, 5) is 12.1. The smallest absolute Gasteiger partial charge is 0.273 e. The molecule has 26 heavy (non-hydrogen) atoms. The Labute approximate surface area is 152 Å². The summed E-state index contributed by atoms with van der Waals surface area (Å²) < 4.78 is 31.2. The first-order valence-electron chi connectivity index (χ1n) is 7.58. The summed E-state index contributed by atoms with van der Waals surface area (Å²) in [6, 6.07) is 11.3. The zero-order valence-corrected chi connectivity index (χ0v) is 14.0. The van der Waals surface area contributed by atoms with E-state index in [9.17, 15) is 18.7 Å². The minimum atomic E-state index is -1.20. The van der Waals surface area contributed by atoms with Crippen LogP contribution in [0.1, 0.15) is 22.2 Å². The van der Waals surface area contributed by atoms with E-state index in [1.807, 2.05) is 0 Å². The zero-order valence-electron chi connectivity index (χ0n) is 13.2. The molecule has 0 saturated heterocycles. The minimum Gasteiger partial charge on any atom is -0.387 e. The fraction of sp³-hybridized carbons (Fsp3) is 0.111. The van der Waals surface area contributed by atoms with Gasteiger partial charge in [0.1, 0.15) is 0 Å². The molecule has 0 fully saturated rings. The van der Waals surface area contributed by atoms with Crippen molar-refractivity contribution in [2.24, 2.45) is 0 Å². The second-order valence-corrected chi connectivity index (χ2v) is 5.92. The first kappa shape index (κ1) is 18.0. The van der Waals surface area contributed by atoms with E-state index in [0.717, 1.165) is 12.1 Å². The molecule has 0 bridgehead atoms. The monoisotopic (exact) mass is 378 g/mol. The van der Waals surface area contributed by atoms with Gasteiger partial charge < -0.3 is 14.9 Å². The number of aliphatic hydroxyl groups is 1. The van der Waals surface area contributed by atoms with Gasteiger partial charge in [-0.3, -0.25) is 4.79 Å². The first-order chi connectivity index (χ1) is 12.4. The lowest BCUT2D eigenvalue weighted by Crippen LogP contribution is -2.28. The Kier molecular flexibility index (Phi) is 5.29. The highest BCUT2D eigenvalue weighted by atomic mass is 35.5. The predicted octanol–water partition coefficient (Wildman–Crippen LogP) is 3.74. The number of aromatic nitrogens is 1. The number of carbonyl (C=O) groups is 1. The van der Waals surface area contributed by atoms with Crippen LogP contribution in [-0.2, 0) is 0 Å². The van der Waals surface area contributed by atoms with Gasteiger partial charge in [-0.15, -0.1) is 0 Å². The van der Waals surface area contributed by atoms with Gasteiger partial charge in [0, 0.05) is 23.2 Å². The van der Waals surface area contributed by atoms with E-state index >= 15 is 0 Å². The van der Waals surface area contributed by atoms with E-state index in [4.69, 9.17) is 16.1 Å². The fourth-order valence-electron chi connectivity index (χ4n) is 2.28. The SMILES string of the molecule is O=C(NCC(O)c1ccc(F)c(F)c1)c1cc(-c2cccc(Cl)c2)on1. The number of halogens is 3. The lowest BCUT2D eigenvalue weighted by molar-refractivity contribution is 0.0907. The Morgan fingerprint density at radius 2 is 2.00 bits per heavy atom. The van der Waals surface area contributed by atoms with E-state index in [0.29, 0.717) is 16.3 Å². The third kappa shape index (κ3) is 4.07. The second kappa shape index (κ2) is 7.63. The van der Waals surface area contributed by atoms with Crippen LogP contribution in [0.2, 0.25) is 5.02 Å². The van der Waals surface area contributed by atoms with E-state index in [1.165, 1.54) is 12.1 Å². The molecule has 2 aromatic carbocycles. The number of hydrogen-bond donors (Lipinski definition) is 2. The van der Waals surface area contributed by atoms with Gasteiger partial charge in [0.25, 0.3) is 5.91 Å². The van der Waals surface area contributed by atoms with E-state index in [-0.39, 0.29) is 17.8 Å². The summed E-state index contributed by atoms with van der Waals surface area (Å²) in [5.41, 5.74) is 0.812. The number of amides is 1. The van der Waals surface area contributed by atoms with Gasteiger partial charge in [0.15, 0.2) is 23.1 Å². The van der Waals surface area contributed by atoms with Crippen LogP contribution in [0.4, 0.5) is 8.78 Å². The largest absolute Gasteiger partial charge is 0.387 e. The quantitative estimate of drug-likeness (QED) is 0.709. The number of aliphatic hydroxyl groups excluding tert-OH is 1. The van der Waals surface area contributed by atoms with Gasteiger partial charge in [-0.25, -0.2) is 8.78 Å². The highest BCUT2D eigenvalue weighted by Gasteiger charge is 2.16. The molecule has 0 spiro atoms. The molecule has 3 rings (SSSR count). The highest BCUT2D eigenvalue weighted by molar-refractivity contribution is 6.30. The molecule has 2 N–H and O–H groups in total. The average Bonchev–Trinajstić information content (AvgIpc) is 3.12. The van der Waals surface area contributed by atoms with Gasteiger partial charge in [-0.05, 0) is 29.8 Å². The summed E-state index contributed by atoms with van der Waals surface area (Å²) >= 11 is 5.91. The lowest BCUT2D eigenvalue weighted by atomic mass is 10.1. The maximum absolute atomic E-state index is 13.2. The molecule has 1 heterocycles. The van der Waals surface area contributed by atoms with Crippen LogP contribution in [0, 0.1) is 11.6 Å². The first-order valence-corrected chi connectivity index (χ1v) is 7.95. The third-order valence-corrected chi connectivity index (χ3v) is 3.87. The molecule has 3 aromatic rings. The summed E-state index contributed by atoms with van der Waals surface area (Å²) in [6.45, 7) is -0.205. The Hall–Kier alpha value is -2.77. The molecule has 134 valence electrons. The van der Waals surface area contributed by atoms with E-state index in [2.05, 4.69) is 10.5 Å². The number of benzene rings is 2. The maximum Gasteiger partial charge on any atom is 0.273 e. The molecule has 0 aliphatic rings. The van der Waals surface area contributed by atoms with Crippen molar-refractivity contribution in [3.8, 4) is 11.3 Å². The molecule has 1 atom stereocenters. The molecule has 0 aliphatic carbocycles. The van der Waals surface area contributed by atoms with Crippen LogP contribution in [0.25, 0.3) is 11.3 Å². The summed E-state index contributed by atoms with van der Waals surface area (Å²) in [5, 5.41) is 16.6. The Morgan fingerprint density at radius 1 is 1.19 bits per heavy atom. The van der Waals surface area contributed by atoms with Gasteiger partial charge in [0.05, 0.1) is 6.10 Å². The molecule has 5 nitrogen and oxygen atoms in total. The molecule has 1 unspecified atom stereocenters. The summed E-state index contributed by atoms with van der Waals surface area (Å²) in [7, 11) is 0. The predicted molar refractivity (Wildman–Crippen MR) is 90.6 cm³/mol. The van der Waals surface area contributed by atoms with Crippen LogP contribution in [0.5, 0.6) is 0 Å². The normalized spacial score (nSPS) is 12.0. The zero-order chi connectivity index (χ0) is 18.7. The van der Waals surface area contributed by atoms with Crippen molar-refractivity contribution in [2.45, 2.75) is 6.10 Å². The van der Waals surface area contributed by atoms with Crippen molar-refractivity contribution < 1.29 is 23.2 Å². The Morgan fingerprint density at radius 3 is 2.73 bits per heavy atom. The maximum atomic E-state index is 13.2. The van der Waals surface area contributed by atoms with Crippen LogP contribution >= 0.6 is 11.6 Å². The lowest BCUT2D eigenvalue weighted by Gasteiger charge is -2.11. The van der Waals surface area contributed by atoms with Crippen LogP contribution in [0.15, 0.2) is 53.1 Å². The van der Waals surface area contributed by atoms with Gasteiger partial charge >= 0.3 is 0 Å². The number of nitrogens with zero attached hydrogens (tertiary/aromatic N) is 1. The minimum absolute atomic E-state index is 0.0115.